The molecule has 0 aromatic heterocycles. The summed E-state index contributed by atoms with van der Waals surface area (Å²) in [5, 5.41) is 6.76. The summed E-state index contributed by atoms with van der Waals surface area (Å²) >= 11 is 0. The van der Waals surface area contributed by atoms with Crippen molar-refractivity contribution in [3.05, 3.63) is 29.6 Å². The van der Waals surface area contributed by atoms with Crippen LogP contribution in [0.3, 0.4) is 0 Å². The number of rotatable bonds is 8. The Morgan fingerprint density at radius 1 is 1.25 bits per heavy atom. The van der Waals surface area contributed by atoms with Gasteiger partial charge in [0.1, 0.15) is 5.82 Å². The highest BCUT2D eigenvalue weighted by Gasteiger charge is 2.23. The maximum Gasteiger partial charge on any atom is 0.191 e. The number of ether oxygens (including phenoxy) is 1. The van der Waals surface area contributed by atoms with Crippen LogP contribution in [0.5, 0.6) is 0 Å². The fourth-order valence-electron chi connectivity index (χ4n) is 3.42. The summed E-state index contributed by atoms with van der Waals surface area (Å²) in [7, 11) is 3.67. The van der Waals surface area contributed by atoms with E-state index in [4.69, 9.17) is 4.74 Å². The summed E-state index contributed by atoms with van der Waals surface area (Å²) in [5.74, 6) is 1.07. The van der Waals surface area contributed by atoms with Crippen LogP contribution in [0.2, 0.25) is 0 Å². The third-order valence-corrected chi connectivity index (χ3v) is 5.02. The first-order valence-corrected chi connectivity index (χ1v) is 10.2. The SMILES string of the molecule is CCNC(=NCc1ccc(N(C)C)c(F)c1)NCC(C(C)C)N1CCOCC1. The molecule has 1 saturated heterocycles. The third kappa shape index (κ3) is 6.63. The average Bonchev–Trinajstić information content (AvgIpc) is 2.66. The predicted molar refractivity (Wildman–Crippen MR) is 115 cm³/mol. The number of hydrogen-bond donors (Lipinski definition) is 2. The Bertz CT molecular complexity index is 629. The summed E-state index contributed by atoms with van der Waals surface area (Å²) in [6.45, 7) is 12.1. The van der Waals surface area contributed by atoms with Gasteiger partial charge in [-0.3, -0.25) is 4.90 Å². The first kappa shape index (κ1) is 22.4. The molecule has 2 N–H and O–H groups in total. The average molecular weight is 394 g/mol. The quantitative estimate of drug-likeness (QED) is 0.524. The first-order chi connectivity index (χ1) is 13.4. The molecule has 6 nitrogen and oxygen atoms in total. The van der Waals surface area contributed by atoms with E-state index in [1.54, 1.807) is 17.0 Å². The van der Waals surface area contributed by atoms with Crippen LogP contribution in [0.25, 0.3) is 0 Å². The lowest BCUT2D eigenvalue weighted by atomic mass is 10.0. The van der Waals surface area contributed by atoms with Crippen LogP contribution in [-0.4, -0.2) is 70.4 Å². The molecule has 0 bridgehead atoms. The van der Waals surface area contributed by atoms with E-state index in [0.29, 0.717) is 24.2 Å². The number of nitrogens with one attached hydrogen (secondary N) is 2. The van der Waals surface area contributed by atoms with Crippen molar-refractivity contribution in [2.45, 2.75) is 33.4 Å². The summed E-state index contributed by atoms with van der Waals surface area (Å²) in [6.07, 6.45) is 0. The van der Waals surface area contributed by atoms with Gasteiger partial charge in [-0.2, -0.15) is 0 Å². The number of hydrogen-bond acceptors (Lipinski definition) is 4. The molecule has 28 heavy (non-hydrogen) atoms. The number of anilines is 1. The summed E-state index contributed by atoms with van der Waals surface area (Å²) in [5.41, 5.74) is 1.44. The van der Waals surface area contributed by atoms with Gasteiger partial charge in [-0.25, -0.2) is 9.38 Å². The van der Waals surface area contributed by atoms with Gasteiger partial charge in [-0.05, 0) is 30.5 Å². The van der Waals surface area contributed by atoms with Crippen LogP contribution in [0.4, 0.5) is 10.1 Å². The van der Waals surface area contributed by atoms with Crippen molar-refractivity contribution in [3.8, 4) is 0 Å². The maximum absolute atomic E-state index is 14.2. The molecule has 1 heterocycles. The van der Waals surface area contributed by atoms with Gasteiger partial charge < -0.3 is 20.3 Å². The van der Waals surface area contributed by atoms with Gasteiger partial charge in [0.2, 0.25) is 0 Å². The van der Waals surface area contributed by atoms with Crippen molar-refractivity contribution in [2.75, 3.05) is 58.4 Å². The molecule has 158 valence electrons. The van der Waals surface area contributed by atoms with Gasteiger partial charge >= 0.3 is 0 Å². The Morgan fingerprint density at radius 3 is 2.54 bits per heavy atom. The minimum atomic E-state index is -0.220. The number of morpholine rings is 1. The van der Waals surface area contributed by atoms with E-state index < -0.39 is 0 Å². The van der Waals surface area contributed by atoms with Crippen LogP contribution in [-0.2, 0) is 11.3 Å². The molecule has 1 atom stereocenters. The Balaban J connectivity index is 2.00. The molecule has 7 heteroatoms. The van der Waals surface area contributed by atoms with Crippen LogP contribution in [0.1, 0.15) is 26.3 Å². The number of nitrogens with zero attached hydrogens (tertiary/aromatic N) is 3. The van der Waals surface area contributed by atoms with E-state index >= 15 is 0 Å². The van der Waals surface area contributed by atoms with Gasteiger partial charge in [-0.15, -0.1) is 0 Å². The van der Waals surface area contributed by atoms with Crippen LogP contribution < -0.4 is 15.5 Å². The molecule has 0 spiro atoms. The second kappa shape index (κ2) is 11.2. The lowest BCUT2D eigenvalue weighted by Gasteiger charge is -2.37. The van der Waals surface area contributed by atoms with Crippen molar-refractivity contribution in [1.82, 2.24) is 15.5 Å². The van der Waals surface area contributed by atoms with E-state index in [0.717, 1.165) is 50.9 Å². The van der Waals surface area contributed by atoms with Crippen LogP contribution >= 0.6 is 0 Å². The lowest BCUT2D eigenvalue weighted by Crippen LogP contribution is -2.52. The Labute approximate surface area is 169 Å². The zero-order valence-electron chi connectivity index (χ0n) is 18.0. The third-order valence-electron chi connectivity index (χ3n) is 5.02. The smallest absolute Gasteiger partial charge is 0.191 e. The molecule has 2 rings (SSSR count). The molecule has 1 fully saturated rings. The zero-order chi connectivity index (χ0) is 20.5. The fourth-order valence-corrected chi connectivity index (χ4v) is 3.42. The number of aliphatic imine (C=N–C) groups is 1. The monoisotopic (exact) mass is 393 g/mol. The van der Waals surface area contributed by atoms with Crippen molar-refractivity contribution in [1.29, 1.82) is 0 Å². The largest absolute Gasteiger partial charge is 0.379 e. The molecular weight excluding hydrogens is 357 g/mol. The summed E-state index contributed by atoms with van der Waals surface area (Å²) in [6, 6.07) is 5.71. The first-order valence-electron chi connectivity index (χ1n) is 10.2. The number of benzene rings is 1. The fraction of sp³-hybridized carbons (Fsp3) is 0.667. The number of guanidine groups is 1. The van der Waals surface area contributed by atoms with Crippen LogP contribution in [0, 0.1) is 11.7 Å². The standard InChI is InChI=1S/C21H36FN5O/c1-6-23-21(24-14-17-7-8-19(26(4)5)18(22)13-17)25-15-20(16(2)3)27-9-11-28-12-10-27/h7-8,13,16,20H,6,9-12,14-15H2,1-5H3,(H2,23,24,25). The number of halogens is 1. The van der Waals surface area contributed by atoms with Gasteiger partial charge in [0.15, 0.2) is 5.96 Å². The zero-order valence-corrected chi connectivity index (χ0v) is 18.0. The second-order valence-corrected chi connectivity index (χ2v) is 7.72. The summed E-state index contributed by atoms with van der Waals surface area (Å²) < 4.78 is 19.7. The topological polar surface area (TPSA) is 52.1 Å². The molecule has 0 radical (unpaired) electrons. The molecule has 1 aromatic carbocycles. The minimum absolute atomic E-state index is 0.220. The molecular formula is C21H36FN5O. The van der Waals surface area contributed by atoms with Crippen molar-refractivity contribution in [3.63, 3.8) is 0 Å². The van der Waals surface area contributed by atoms with Crippen molar-refractivity contribution in [2.24, 2.45) is 10.9 Å². The van der Waals surface area contributed by atoms with Crippen molar-refractivity contribution >= 4 is 11.6 Å². The second-order valence-electron chi connectivity index (χ2n) is 7.72. The van der Waals surface area contributed by atoms with Gasteiger partial charge in [0, 0.05) is 46.3 Å². The van der Waals surface area contributed by atoms with Gasteiger partial charge in [0.25, 0.3) is 0 Å². The molecule has 0 amide bonds. The van der Waals surface area contributed by atoms with E-state index in [1.807, 2.05) is 27.1 Å². The van der Waals surface area contributed by atoms with Gasteiger partial charge in [-0.1, -0.05) is 19.9 Å². The normalized spacial score (nSPS) is 16.9. The van der Waals surface area contributed by atoms with Crippen LogP contribution in [0.15, 0.2) is 23.2 Å². The highest BCUT2D eigenvalue weighted by atomic mass is 19.1. The molecule has 1 aliphatic heterocycles. The lowest BCUT2D eigenvalue weighted by molar-refractivity contribution is 0.00752. The van der Waals surface area contributed by atoms with Gasteiger partial charge in [0.05, 0.1) is 25.4 Å². The highest BCUT2D eigenvalue weighted by Crippen LogP contribution is 2.18. The van der Waals surface area contributed by atoms with E-state index in [-0.39, 0.29) is 5.82 Å². The Hall–Kier alpha value is -1.86. The van der Waals surface area contributed by atoms with E-state index in [9.17, 15) is 4.39 Å². The molecule has 1 aliphatic rings. The molecule has 0 saturated carbocycles. The van der Waals surface area contributed by atoms with E-state index in [2.05, 4.69) is 34.4 Å². The molecule has 1 unspecified atom stereocenters. The Kier molecular flexibility index (Phi) is 8.99. The molecule has 0 aliphatic carbocycles. The summed E-state index contributed by atoms with van der Waals surface area (Å²) in [4.78, 5) is 8.90. The Morgan fingerprint density at radius 2 is 1.96 bits per heavy atom. The molecule has 1 aromatic rings. The van der Waals surface area contributed by atoms with Crippen molar-refractivity contribution < 1.29 is 9.13 Å². The highest BCUT2D eigenvalue weighted by molar-refractivity contribution is 5.79. The minimum Gasteiger partial charge on any atom is -0.379 e. The van der Waals surface area contributed by atoms with E-state index in [1.165, 1.54) is 0 Å². The maximum atomic E-state index is 14.2. The predicted octanol–water partition coefficient (Wildman–Crippen LogP) is 2.30.